The Hall–Kier alpha value is -1.59. The smallest absolute Gasteiger partial charge is 0.183 e. The first-order valence-electron chi connectivity index (χ1n) is 8.24. The maximum atomic E-state index is 11.5. The molecule has 0 saturated heterocycles. The van der Waals surface area contributed by atoms with Gasteiger partial charge in [0, 0.05) is 19.8 Å². The highest BCUT2D eigenvalue weighted by molar-refractivity contribution is 6.21. The van der Waals surface area contributed by atoms with Crippen LogP contribution in [-0.2, 0) is 21.5 Å². The number of aliphatic hydroxyl groups is 1. The molecule has 2 unspecified atom stereocenters. The lowest BCUT2D eigenvalue weighted by molar-refractivity contribution is -0.106. The first-order chi connectivity index (χ1) is 12.0. The quantitative estimate of drug-likeness (QED) is 0.649. The van der Waals surface area contributed by atoms with Gasteiger partial charge < -0.3 is 19.3 Å². The Morgan fingerprint density at radius 2 is 1.76 bits per heavy atom. The molecule has 0 radical (unpaired) electrons. The monoisotopic (exact) mass is 362 g/mol. The molecular weight excluding hydrogens is 340 g/mol. The molecule has 0 saturated carbocycles. The summed E-state index contributed by atoms with van der Waals surface area (Å²) in [7, 11) is 4.83. The number of aryl methyl sites for hydroxylation is 1. The summed E-state index contributed by atoms with van der Waals surface area (Å²) in [5.41, 5.74) is 2.30. The molecule has 2 aromatic rings. The molecule has 5 heteroatoms. The highest BCUT2D eigenvalue weighted by Crippen LogP contribution is 2.44. The summed E-state index contributed by atoms with van der Waals surface area (Å²) in [6.07, 6.45) is 1.08. The molecule has 134 valence electrons. The number of benzene rings is 2. The number of rotatable bonds is 5. The number of ether oxygens (including phenoxy) is 3. The Labute approximate surface area is 153 Å². The second-order valence-electron chi connectivity index (χ2n) is 6.22. The Morgan fingerprint density at radius 1 is 1.08 bits per heavy atom. The van der Waals surface area contributed by atoms with Crippen molar-refractivity contribution in [2.24, 2.45) is 0 Å². The lowest BCUT2D eigenvalue weighted by Crippen LogP contribution is -2.41. The van der Waals surface area contributed by atoms with Gasteiger partial charge in [0.25, 0.3) is 0 Å². The summed E-state index contributed by atoms with van der Waals surface area (Å²) in [4.78, 5) is 0. The van der Waals surface area contributed by atoms with Gasteiger partial charge >= 0.3 is 0 Å². The molecule has 3 rings (SSSR count). The van der Waals surface area contributed by atoms with E-state index < -0.39 is 17.3 Å². The largest absolute Gasteiger partial charge is 0.497 e. The summed E-state index contributed by atoms with van der Waals surface area (Å²) < 4.78 is 15.9. The SMILES string of the molecule is COc1ccc2c(c1)CCC(Cl)C2(O)c1ccc(C(OC)OC)cc1. The van der Waals surface area contributed by atoms with E-state index in [1.54, 1.807) is 21.3 Å². The van der Waals surface area contributed by atoms with Gasteiger partial charge in [-0.05, 0) is 41.7 Å². The Kier molecular flexibility index (Phi) is 5.35. The molecule has 0 amide bonds. The minimum absolute atomic E-state index is 0.403. The molecule has 0 spiro atoms. The van der Waals surface area contributed by atoms with Crippen LogP contribution in [0.2, 0.25) is 0 Å². The van der Waals surface area contributed by atoms with Crippen LogP contribution in [0.15, 0.2) is 42.5 Å². The van der Waals surface area contributed by atoms with Crippen molar-refractivity contribution in [3.8, 4) is 5.75 Å². The van der Waals surface area contributed by atoms with Crippen LogP contribution in [0.4, 0.5) is 0 Å². The Balaban J connectivity index is 2.03. The van der Waals surface area contributed by atoms with Gasteiger partial charge in [-0.15, -0.1) is 11.6 Å². The van der Waals surface area contributed by atoms with Crippen LogP contribution in [0, 0.1) is 0 Å². The normalized spacial score (nSPS) is 22.7. The van der Waals surface area contributed by atoms with Crippen LogP contribution in [0.25, 0.3) is 0 Å². The summed E-state index contributed by atoms with van der Waals surface area (Å²) >= 11 is 6.59. The average Bonchev–Trinajstić information content (AvgIpc) is 2.66. The van der Waals surface area contributed by atoms with E-state index in [1.807, 2.05) is 42.5 Å². The summed E-state index contributed by atoms with van der Waals surface area (Å²) in [6, 6.07) is 13.3. The van der Waals surface area contributed by atoms with Crippen LogP contribution < -0.4 is 4.74 Å². The third-order valence-electron chi connectivity index (χ3n) is 4.89. The lowest BCUT2D eigenvalue weighted by atomic mass is 9.74. The van der Waals surface area contributed by atoms with Crippen LogP contribution in [0.5, 0.6) is 5.75 Å². The van der Waals surface area contributed by atoms with E-state index in [2.05, 4.69) is 0 Å². The Morgan fingerprint density at radius 3 is 2.36 bits per heavy atom. The van der Waals surface area contributed by atoms with Crippen LogP contribution in [0.3, 0.4) is 0 Å². The van der Waals surface area contributed by atoms with Crippen molar-refractivity contribution in [2.45, 2.75) is 30.1 Å². The number of fused-ring (bicyclic) bond motifs is 1. The van der Waals surface area contributed by atoms with Gasteiger partial charge in [-0.25, -0.2) is 0 Å². The van der Waals surface area contributed by atoms with Crippen molar-refractivity contribution < 1.29 is 19.3 Å². The van der Waals surface area contributed by atoms with Crippen molar-refractivity contribution in [3.63, 3.8) is 0 Å². The fourth-order valence-corrected chi connectivity index (χ4v) is 3.89. The molecule has 0 aromatic heterocycles. The van der Waals surface area contributed by atoms with Gasteiger partial charge in [0.2, 0.25) is 0 Å². The molecular formula is C20H23ClO4. The predicted octanol–water partition coefficient (Wildman–Crippen LogP) is 3.78. The van der Waals surface area contributed by atoms with E-state index in [0.29, 0.717) is 6.42 Å². The van der Waals surface area contributed by atoms with E-state index in [0.717, 1.165) is 34.4 Å². The molecule has 1 aliphatic carbocycles. The minimum atomic E-state index is -1.24. The molecule has 2 aromatic carbocycles. The molecule has 25 heavy (non-hydrogen) atoms. The van der Waals surface area contributed by atoms with E-state index in [9.17, 15) is 5.11 Å². The van der Waals surface area contributed by atoms with Crippen molar-refractivity contribution in [3.05, 3.63) is 64.7 Å². The zero-order chi connectivity index (χ0) is 18.0. The number of methoxy groups -OCH3 is 3. The first kappa shape index (κ1) is 18.2. The number of hydrogen-bond acceptors (Lipinski definition) is 4. The zero-order valence-corrected chi connectivity index (χ0v) is 15.4. The van der Waals surface area contributed by atoms with E-state index in [-0.39, 0.29) is 0 Å². The zero-order valence-electron chi connectivity index (χ0n) is 14.7. The van der Waals surface area contributed by atoms with Crippen molar-refractivity contribution in [2.75, 3.05) is 21.3 Å². The first-order valence-corrected chi connectivity index (χ1v) is 8.68. The molecule has 1 aliphatic rings. The fourth-order valence-electron chi connectivity index (χ4n) is 3.53. The maximum Gasteiger partial charge on any atom is 0.183 e. The van der Waals surface area contributed by atoms with Crippen LogP contribution in [0.1, 0.15) is 35.0 Å². The summed E-state index contributed by atoms with van der Waals surface area (Å²) in [5.74, 6) is 0.785. The van der Waals surface area contributed by atoms with Crippen molar-refractivity contribution in [1.82, 2.24) is 0 Å². The standard InChI is InChI=1S/C20H23ClO4/c1-23-16-9-10-17-14(12-16)6-11-18(21)20(17,22)15-7-4-13(5-8-15)19(24-2)25-3/h4-5,7-10,12,18-19,22H,6,11H2,1-3H3. The van der Waals surface area contributed by atoms with Gasteiger partial charge in [0.05, 0.1) is 12.5 Å². The van der Waals surface area contributed by atoms with Gasteiger partial charge in [-0.3, -0.25) is 0 Å². The van der Waals surface area contributed by atoms with Crippen LogP contribution in [-0.4, -0.2) is 31.8 Å². The summed E-state index contributed by atoms with van der Waals surface area (Å²) in [6.45, 7) is 0. The second kappa shape index (κ2) is 7.34. The fraction of sp³-hybridized carbons (Fsp3) is 0.400. The molecule has 1 N–H and O–H groups in total. The van der Waals surface area contributed by atoms with Crippen molar-refractivity contribution >= 4 is 11.6 Å². The number of halogens is 1. The number of alkyl halides is 1. The molecule has 0 heterocycles. The summed E-state index contributed by atoms with van der Waals surface area (Å²) in [5, 5.41) is 11.1. The van der Waals surface area contributed by atoms with Gasteiger partial charge in [-0.1, -0.05) is 30.3 Å². The van der Waals surface area contributed by atoms with E-state index in [4.69, 9.17) is 25.8 Å². The minimum Gasteiger partial charge on any atom is -0.497 e. The maximum absolute atomic E-state index is 11.5. The van der Waals surface area contributed by atoms with E-state index in [1.165, 1.54) is 0 Å². The highest BCUT2D eigenvalue weighted by Gasteiger charge is 2.43. The predicted molar refractivity (Wildman–Crippen MR) is 97.2 cm³/mol. The average molecular weight is 363 g/mol. The third kappa shape index (κ3) is 3.15. The highest BCUT2D eigenvalue weighted by atomic mass is 35.5. The lowest BCUT2D eigenvalue weighted by Gasteiger charge is -2.39. The van der Waals surface area contributed by atoms with Gasteiger partial charge in [0.1, 0.15) is 11.4 Å². The second-order valence-corrected chi connectivity index (χ2v) is 6.75. The molecule has 4 nitrogen and oxygen atoms in total. The van der Waals surface area contributed by atoms with Crippen LogP contribution >= 0.6 is 11.6 Å². The topological polar surface area (TPSA) is 47.9 Å². The molecule has 0 aliphatic heterocycles. The molecule has 0 fully saturated rings. The number of hydrogen-bond donors (Lipinski definition) is 1. The van der Waals surface area contributed by atoms with Gasteiger partial charge in [0.15, 0.2) is 6.29 Å². The third-order valence-corrected chi connectivity index (χ3v) is 5.43. The molecule has 0 bridgehead atoms. The van der Waals surface area contributed by atoms with E-state index >= 15 is 0 Å². The Bertz CT molecular complexity index is 727. The van der Waals surface area contributed by atoms with Gasteiger partial charge in [-0.2, -0.15) is 0 Å². The van der Waals surface area contributed by atoms with Crippen molar-refractivity contribution in [1.29, 1.82) is 0 Å². The molecule has 2 atom stereocenters.